The first kappa shape index (κ1) is 13.4. The zero-order valence-corrected chi connectivity index (χ0v) is 11.8. The molecule has 1 amide bonds. The van der Waals surface area contributed by atoms with Crippen molar-refractivity contribution in [3.8, 4) is 0 Å². The minimum Gasteiger partial charge on any atom is -0.481 e. The first-order valence-corrected chi connectivity index (χ1v) is 7.27. The normalized spacial score (nSPS) is 24.8. The zero-order valence-electron chi connectivity index (χ0n) is 11.0. The largest absolute Gasteiger partial charge is 0.481 e. The number of fused-ring (bicyclic) bond motifs is 1. The van der Waals surface area contributed by atoms with Crippen LogP contribution in [-0.4, -0.2) is 23.5 Å². The Morgan fingerprint density at radius 3 is 2.70 bits per heavy atom. The van der Waals surface area contributed by atoms with E-state index in [1.54, 1.807) is 4.90 Å². The van der Waals surface area contributed by atoms with Crippen LogP contribution in [0.1, 0.15) is 24.8 Å². The number of anilines is 1. The third kappa shape index (κ3) is 2.18. The maximum Gasteiger partial charge on any atom is 0.306 e. The van der Waals surface area contributed by atoms with E-state index in [9.17, 15) is 9.59 Å². The van der Waals surface area contributed by atoms with Crippen LogP contribution >= 0.6 is 11.6 Å². The van der Waals surface area contributed by atoms with Crippen molar-refractivity contribution in [2.24, 2.45) is 11.8 Å². The molecule has 5 heteroatoms. The number of nitrogens with zero attached hydrogens (tertiary/aromatic N) is 1. The maximum atomic E-state index is 12.6. The molecule has 0 aromatic heterocycles. The molecular weight excluding hydrogens is 278 g/mol. The van der Waals surface area contributed by atoms with E-state index in [1.165, 1.54) is 0 Å². The summed E-state index contributed by atoms with van der Waals surface area (Å²) in [5.41, 5.74) is 1.91. The summed E-state index contributed by atoms with van der Waals surface area (Å²) in [4.78, 5) is 25.3. The zero-order chi connectivity index (χ0) is 14.3. The summed E-state index contributed by atoms with van der Waals surface area (Å²) in [6, 6.07) is 5.60. The number of rotatable bonds is 2. The van der Waals surface area contributed by atoms with E-state index in [-0.39, 0.29) is 17.7 Å². The lowest BCUT2D eigenvalue weighted by atomic mass is 10.0. The van der Waals surface area contributed by atoms with Gasteiger partial charge >= 0.3 is 5.97 Å². The molecule has 3 rings (SSSR count). The summed E-state index contributed by atoms with van der Waals surface area (Å²) in [5, 5.41) is 9.73. The number of carbonyl (C=O) groups excluding carboxylic acids is 1. The molecule has 2 aliphatic rings. The summed E-state index contributed by atoms with van der Waals surface area (Å²) in [6.07, 6.45) is 2.50. The predicted octanol–water partition coefficient (Wildman–Crippen LogP) is 2.73. The van der Waals surface area contributed by atoms with Gasteiger partial charge in [-0.3, -0.25) is 9.59 Å². The lowest BCUT2D eigenvalue weighted by Crippen LogP contribution is -2.34. The summed E-state index contributed by atoms with van der Waals surface area (Å²) in [7, 11) is 0. The van der Waals surface area contributed by atoms with Crippen LogP contribution in [0, 0.1) is 11.8 Å². The quantitative estimate of drug-likeness (QED) is 0.912. The molecule has 0 bridgehead atoms. The van der Waals surface area contributed by atoms with Crippen molar-refractivity contribution in [1.29, 1.82) is 0 Å². The fraction of sp³-hybridized carbons (Fsp3) is 0.467. The van der Waals surface area contributed by atoms with Crippen molar-refractivity contribution in [2.45, 2.75) is 25.7 Å². The summed E-state index contributed by atoms with van der Waals surface area (Å²) in [5.74, 6) is -1.27. The Morgan fingerprint density at radius 2 is 2.00 bits per heavy atom. The Balaban J connectivity index is 1.78. The molecule has 106 valence electrons. The molecule has 1 fully saturated rings. The van der Waals surface area contributed by atoms with E-state index in [0.717, 1.165) is 17.7 Å². The number of aliphatic carboxylic acids is 1. The monoisotopic (exact) mass is 293 g/mol. The van der Waals surface area contributed by atoms with E-state index in [1.807, 2.05) is 18.2 Å². The van der Waals surface area contributed by atoms with Crippen molar-refractivity contribution >= 4 is 29.2 Å². The molecule has 20 heavy (non-hydrogen) atoms. The van der Waals surface area contributed by atoms with Gasteiger partial charge in [-0.05, 0) is 43.4 Å². The second-order valence-electron chi connectivity index (χ2n) is 5.52. The second kappa shape index (κ2) is 5.09. The number of carboxylic acids is 1. The van der Waals surface area contributed by atoms with Crippen molar-refractivity contribution in [3.63, 3.8) is 0 Å². The van der Waals surface area contributed by atoms with E-state index in [0.29, 0.717) is 30.8 Å². The van der Waals surface area contributed by atoms with Gasteiger partial charge in [-0.2, -0.15) is 0 Å². The number of benzene rings is 1. The van der Waals surface area contributed by atoms with Crippen molar-refractivity contribution in [2.75, 3.05) is 11.4 Å². The molecule has 1 saturated carbocycles. The minimum atomic E-state index is -0.787. The Hall–Kier alpha value is -1.55. The highest BCUT2D eigenvalue weighted by molar-refractivity contribution is 6.32. The van der Waals surface area contributed by atoms with Crippen LogP contribution in [0.4, 0.5) is 5.69 Å². The summed E-state index contributed by atoms with van der Waals surface area (Å²) < 4.78 is 0. The molecule has 1 N–H and O–H groups in total. The Morgan fingerprint density at radius 1 is 1.25 bits per heavy atom. The van der Waals surface area contributed by atoms with Gasteiger partial charge in [0.25, 0.3) is 0 Å². The lowest BCUT2D eigenvalue weighted by molar-refractivity contribution is -0.141. The number of amides is 1. The molecule has 0 spiro atoms. The fourth-order valence-corrected chi connectivity index (χ4v) is 3.54. The van der Waals surface area contributed by atoms with Crippen molar-refractivity contribution in [1.82, 2.24) is 0 Å². The molecular formula is C15H16ClNO3. The molecule has 2 unspecified atom stereocenters. The molecule has 1 aliphatic heterocycles. The van der Waals surface area contributed by atoms with E-state index < -0.39 is 5.97 Å². The van der Waals surface area contributed by atoms with Crippen LogP contribution in [0.3, 0.4) is 0 Å². The molecule has 4 nitrogen and oxygen atoms in total. The van der Waals surface area contributed by atoms with Gasteiger partial charge in [0.15, 0.2) is 0 Å². The van der Waals surface area contributed by atoms with Gasteiger partial charge in [0.2, 0.25) is 5.91 Å². The Bertz CT molecular complexity index is 572. The molecule has 1 aliphatic carbocycles. The van der Waals surface area contributed by atoms with Crippen molar-refractivity contribution in [3.05, 3.63) is 28.8 Å². The van der Waals surface area contributed by atoms with Gasteiger partial charge in [-0.15, -0.1) is 0 Å². The third-order valence-corrected chi connectivity index (χ3v) is 4.72. The summed E-state index contributed by atoms with van der Waals surface area (Å²) in [6.45, 7) is 0.645. The van der Waals surface area contributed by atoms with Crippen LogP contribution in [0.5, 0.6) is 0 Å². The van der Waals surface area contributed by atoms with E-state index in [2.05, 4.69) is 0 Å². The third-order valence-electron chi connectivity index (χ3n) is 4.37. The average Bonchev–Trinajstić information content (AvgIpc) is 3.05. The molecule has 1 aromatic rings. The number of halogens is 1. The highest BCUT2D eigenvalue weighted by Crippen LogP contribution is 2.38. The van der Waals surface area contributed by atoms with Crippen LogP contribution in [0.15, 0.2) is 18.2 Å². The molecule has 1 aromatic carbocycles. The predicted molar refractivity (Wildman–Crippen MR) is 76.0 cm³/mol. The molecule has 0 radical (unpaired) electrons. The van der Waals surface area contributed by atoms with Crippen LogP contribution < -0.4 is 4.90 Å². The second-order valence-corrected chi connectivity index (χ2v) is 5.93. The topological polar surface area (TPSA) is 57.6 Å². The number of hydrogen-bond acceptors (Lipinski definition) is 2. The highest BCUT2D eigenvalue weighted by Gasteiger charge is 2.38. The Labute approximate surface area is 122 Å². The average molecular weight is 294 g/mol. The van der Waals surface area contributed by atoms with Crippen molar-refractivity contribution < 1.29 is 14.7 Å². The maximum absolute atomic E-state index is 12.6. The molecule has 0 saturated heterocycles. The van der Waals surface area contributed by atoms with Crippen LogP contribution in [0.25, 0.3) is 0 Å². The Kier molecular flexibility index (Phi) is 3.42. The minimum absolute atomic E-state index is 0.0507. The fourth-order valence-electron chi connectivity index (χ4n) is 3.27. The first-order chi connectivity index (χ1) is 9.58. The number of hydrogen-bond donors (Lipinski definition) is 1. The standard InChI is InChI=1S/C15H16ClNO3/c16-12-2-1-3-13-11(12)6-7-17(13)14(18)9-4-5-10(8-9)15(19)20/h1-3,9-10H,4-8H2,(H,19,20). The van der Waals surface area contributed by atoms with Crippen LogP contribution in [0.2, 0.25) is 5.02 Å². The first-order valence-electron chi connectivity index (χ1n) is 6.89. The van der Waals surface area contributed by atoms with E-state index >= 15 is 0 Å². The van der Waals surface area contributed by atoms with E-state index in [4.69, 9.17) is 16.7 Å². The van der Waals surface area contributed by atoms with Gasteiger partial charge in [0.05, 0.1) is 5.92 Å². The van der Waals surface area contributed by atoms with Gasteiger partial charge in [0, 0.05) is 23.2 Å². The highest BCUT2D eigenvalue weighted by atomic mass is 35.5. The molecule has 2 atom stereocenters. The number of carbonyl (C=O) groups is 2. The van der Waals surface area contributed by atoms with Gasteiger partial charge in [0.1, 0.15) is 0 Å². The SMILES string of the molecule is O=C(O)C1CCC(C(=O)N2CCc3c(Cl)cccc32)C1. The summed E-state index contributed by atoms with van der Waals surface area (Å²) >= 11 is 6.15. The number of carboxylic acid groups (broad SMARTS) is 1. The van der Waals surface area contributed by atoms with Gasteiger partial charge in [-0.1, -0.05) is 17.7 Å². The smallest absolute Gasteiger partial charge is 0.306 e. The molecule has 1 heterocycles. The van der Waals surface area contributed by atoms with Gasteiger partial charge in [-0.25, -0.2) is 0 Å². The van der Waals surface area contributed by atoms with Gasteiger partial charge < -0.3 is 10.0 Å². The van der Waals surface area contributed by atoms with Crippen LogP contribution in [-0.2, 0) is 16.0 Å². The lowest BCUT2D eigenvalue weighted by Gasteiger charge is -2.21.